The number of hydrogen-bond donors (Lipinski definition) is 1. The molecule has 1 atom stereocenters. The Bertz CT molecular complexity index is 240. The Kier molecular flexibility index (Phi) is 4.65. The van der Waals surface area contributed by atoms with Crippen LogP contribution in [0.25, 0.3) is 0 Å². The van der Waals surface area contributed by atoms with Gasteiger partial charge in [-0.1, -0.05) is 6.92 Å². The minimum absolute atomic E-state index is 0.150. The Hall–Kier alpha value is -0.710. The molecule has 1 aliphatic heterocycles. The highest BCUT2D eigenvalue weighted by molar-refractivity contribution is 5.83. The molecule has 16 heavy (non-hydrogen) atoms. The van der Waals surface area contributed by atoms with Gasteiger partial charge in [0.25, 0.3) is 6.43 Å². The van der Waals surface area contributed by atoms with Crippen LogP contribution in [0.2, 0.25) is 0 Å². The van der Waals surface area contributed by atoms with E-state index in [1.807, 2.05) is 6.92 Å². The Balaban J connectivity index is 2.67. The van der Waals surface area contributed by atoms with Crippen LogP contribution >= 0.6 is 0 Å². The van der Waals surface area contributed by atoms with Gasteiger partial charge < -0.3 is 10.2 Å². The Labute approximate surface area is 95.2 Å². The van der Waals surface area contributed by atoms with Gasteiger partial charge in [-0.3, -0.25) is 4.79 Å². The van der Waals surface area contributed by atoms with Gasteiger partial charge in [-0.05, 0) is 25.8 Å². The number of nitrogens with zero attached hydrogens (tertiary/aromatic N) is 1. The van der Waals surface area contributed by atoms with Crippen molar-refractivity contribution in [3.05, 3.63) is 0 Å². The summed E-state index contributed by atoms with van der Waals surface area (Å²) in [5, 5.41) is 3.18. The molecule has 0 spiro atoms. The first kappa shape index (κ1) is 13.4. The van der Waals surface area contributed by atoms with Crippen molar-refractivity contribution in [3.8, 4) is 0 Å². The summed E-state index contributed by atoms with van der Waals surface area (Å²) in [5.41, 5.74) is -0.470. The fourth-order valence-electron chi connectivity index (χ4n) is 2.30. The summed E-state index contributed by atoms with van der Waals surface area (Å²) in [4.78, 5) is 13.3. The first-order valence-corrected chi connectivity index (χ1v) is 5.76. The molecule has 0 aromatic rings. The molecule has 1 amide bonds. The maximum Gasteiger partial charge on any atom is 0.255 e. The van der Waals surface area contributed by atoms with Crippen molar-refractivity contribution in [2.75, 3.05) is 26.7 Å². The van der Waals surface area contributed by atoms with Gasteiger partial charge in [-0.2, -0.15) is 0 Å². The Morgan fingerprint density at radius 2 is 2.25 bits per heavy atom. The molecular formula is C11H20F2N2O. The lowest BCUT2D eigenvalue weighted by atomic mass is 9.77. The van der Waals surface area contributed by atoms with E-state index < -0.39 is 18.4 Å². The zero-order valence-corrected chi connectivity index (χ0v) is 9.93. The minimum Gasteiger partial charge on any atom is -0.340 e. The molecule has 1 heterocycles. The van der Waals surface area contributed by atoms with Crippen molar-refractivity contribution in [3.63, 3.8) is 0 Å². The van der Waals surface area contributed by atoms with Crippen molar-refractivity contribution in [2.45, 2.75) is 32.6 Å². The maximum absolute atomic E-state index is 12.2. The average molecular weight is 234 g/mol. The molecular weight excluding hydrogens is 214 g/mol. The second-order valence-corrected chi connectivity index (χ2v) is 4.49. The van der Waals surface area contributed by atoms with E-state index in [0.717, 1.165) is 19.4 Å². The lowest BCUT2D eigenvalue weighted by Crippen LogP contribution is -2.51. The quantitative estimate of drug-likeness (QED) is 0.799. The number of carbonyl (C=O) groups excluding carboxylic acids is 1. The normalized spacial score (nSPS) is 25.8. The van der Waals surface area contributed by atoms with E-state index in [9.17, 15) is 13.6 Å². The average Bonchev–Trinajstić information content (AvgIpc) is 2.28. The first-order valence-electron chi connectivity index (χ1n) is 5.76. The van der Waals surface area contributed by atoms with E-state index in [2.05, 4.69) is 5.32 Å². The van der Waals surface area contributed by atoms with Crippen LogP contribution in [0.1, 0.15) is 26.2 Å². The molecule has 0 bridgehead atoms. The van der Waals surface area contributed by atoms with Gasteiger partial charge in [-0.25, -0.2) is 8.78 Å². The molecule has 1 aliphatic rings. The highest BCUT2D eigenvalue weighted by Crippen LogP contribution is 2.32. The molecule has 1 rings (SSSR count). The molecule has 3 nitrogen and oxygen atoms in total. The van der Waals surface area contributed by atoms with Gasteiger partial charge in [0, 0.05) is 13.6 Å². The molecule has 1 N–H and O–H groups in total. The predicted octanol–water partition coefficient (Wildman–Crippen LogP) is 1.49. The van der Waals surface area contributed by atoms with Gasteiger partial charge in [-0.15, -0.1) is 0 Å². The summed E-state index contributed by atoms with van der Waals surface area (Å²) in [6.07, 6.45) is -0.0309. The standard InChI is InChI=1S/C11H20F2N2O/c1-3-11(5-4-6-14-8-11)10(16)15(2)7-9(12)13/h9,14H,3-8H2,1-2H3. The predicted molar refractivity (Wildman–Crippen MR) is 58.5 cm³/mol. The smallest absolute Gasteiger partial charge is 0.255 e. The third-order valence-corrected chi connectivity index (χ3v) is 3.36. The Morgan fingerprint density at radius 3 is 2.69 bits per heavy atom. The van der Waals surface area contributed by atoms with Crippen LogP contribution in [0.15, 0.2) is 0 Å². The van der Waals surface area contributed by atoms with Crippen LogP contribution in [0.4, 0.5) is 8.78 Å². The molecule has 0 aliphatic carbocycles. The molecule has 5 heteroatoms. The third-order valence-electron chi connectivity index (χ3n) is 3.36. The van der Waals surface area contributed by atoms with E-state index in [4.69, 9.17) is 0 Å². The van der Waals surface area contributed by atoms with Crippen molar-refractivity contribution in [2.24, 2.45) is 5.41 Å². The summed E-state index contributed by atoms with van der Waals surface area (Å²) < 4.78 is 24.5. The van der Waals surface area contributed by atoms with Crippen molar-refractivity contribution >= 4 is 5.91 Å². The topological polar surface area (TPSA) is 32.3 Å². The molecule has 0 aromatic carbocycles. The Morgan fingerprint density at radius 1 is 1.56 bits per heavy atom. The van der Waals surface area contributed by atoms with E-state index >= 15 is 0 Å². The lowest BCUT2D eigenvalue weighted by molar-refractivity contribution is -0.144. The van der Waals surface area contributed by atoms with E-state index in [1.54, 1.807) is 0 Å². The second kappa shape index (κ2) is 5.57. The van der Waals surface area contributed by atoms with Gasteiger partial charge >= 0.3 is 0 Å². The fraction of sp³-hybridized carbons (Fsp3) is 0.909. The molecule has 0 radical (unpaired) electrons. The van der Waals surface area contributed by atoms with Gasteiger partial charge in [0.15, 0.2) is 0 Å². The number of carbonyl (C=O) groups is 1. The number of piperidine rings is 1. The molecule has 1 unspecified atom stereocenters. The van der Waals surface area contributed by atoms with Gasteiger partial charge in [0.05, 0.1) is 12.0 Å². The van der Waals surface area contributed by atoms with Crippen molar-refractivity contribution < 1.29 is 13.6 Å². The first-order chi connectivity index (χ1) is 7.52. The number of nitrogens with one attached hydrogen (secondary N) is 1. The molecule has 0 aromatic heterocycles. The number of amides is 1. The third kappa shape index (κ3) is 2.90. The SMILES string of the molecule is CCC1(C(=O)N(C)CC(F)F)CCCNC1. The lowest BCUT2D eigenvalue weighted by Gasteiger charge is -2.38. The largest absolute Gasteiger partial charge is 0.340 e. The number of rotatable bonds is 4. The van der Waals surface area contributed by atoms with E-state index in [1.165, 1.54) is 11.9 Å². The van der Waals surface area contributed by atoms with Crippen LogP contribution in [0, 0.1) is 5.41 Å². The second-order valence-electron chi connectivity index (χ2n) is 4.49. The van der Waals surface area contributed by atoms with Crippen LogP contribution in [-0.4, -0.2) is 43.9 Å². The zero-order valence-electron chi connectivity index (χ0n) is 9.93. The molecule has 94 valence electrons. The van der Waals surface area contributed by atoms with Crippen molar-refractivity contribution in [1.29, 1.82) is 0 Å². The van der Waals surface area contributed by atoms with Gasteiger partial charge in [0.2, 0.25) is 5.91 Å². The summed E-state index contributed by atoms with van der Waals surface area (Å²) in [7, 11) is 1.46. The van der Waals surface area contributed by atoms with Crippen LogP contribution in [0.3, 0.4) is 0 Å². The number of alkyl halides is 2. The highest BCUT2D eigenvalue weighted by Gasteiger charge is 2.39. The van der Waals surface area contributed by atoms with Gasteiger partial charge in [0.1, 0.15) is 0 Å². The summed E-state index contributed by atoms with van der Waals surface area (Å²) in [5.74, 6) is -0.150. The van der Waals surface area contributed by atoms with E-state index in [0.29, 0.717) is 13.0 Å². The highest BCUT2D eigenvalue weighted by atomic mass is 19.3. The molecule has 1 fully saturated rings. The number of halogens is 2. The summed E-state index contributed by atoms with van der Waals surface area (Å²) in [6.45, 7) is 2.99. The van der Waals surface area contributed by atoms with Crippen LogP contribution in [0.5, 0.6) is 0 Å². The molecule has 1 saturated heterocycles. The van der Waals surface area contributed by atoms with Crippen LogP contribution < -0.4 is 5.32 Å². The van der Waals surface area contributed by atoms with Crippen LogP contribution in [-0.2, 0) is 4.79 Å². The monoisotopic (exact) mass is 234 g/mol. The summed E-state index contributed by atoms with van der Waals surface area (Å²) >= 11 is 0. The number of hydrogen-bond acceptors (Lipinski definition) is 2. The van der Waals surface area contributed by atoms with Crippen molar-refractivity contribution in [1.82, 2.24) is 10.2 Å². The summed E-state index contributed by atoms with van der Waals surface area (Å²) in [6, 6.07) is 0. The maximum atomic E-state index is 12.2. The fourth-order valence-corrected chi connectivity index (χ4v) is 2.30. The van der Waals surface area contributed by atoms with E-state index in [-0.39, 0.29) is 5.91 Å². The minimum atomic E-state index is -2.46. The molecule has 0 saturated carbocycles. The zero-order chi connectivity index (χ0) is 12.2.